The fraction of sp³-hybridized carbons (Fsp3) is 0.0500. The first kappa shape index (κ1) is 17.9. The molecule has 0 aliphatic carbocycles. The van der Waals surface area contributed by atoms with Crippen LogP contribution in [0.4, 0.5) is 15.9 Å². The highest BCUT2D eigenvalue weighted by atomic mass is 19.1. The van der Waals surface area contributed by atoms with E-state index in [1.807, 2.05) is 6.07 Å². The Hall–Kier alpha value is -3.92. The van der Waals surface area contributed by atoms with Crippen molar-refractivity contribution in [1.82, 2.24) is 4.98 Å². The zero-order valence-electron chi connectivity index (χ0n) is 14.4. The second kappa shape index (κ2) is 7.54. The summed E-state index contributed by atoms with van der Waals surface area (Å²) in [5.41, 5.74) is 7.03. The summed E-state index contributed by atoms with van der Waals surface area (Å²) in [6, 6.07) is 16.8. The Morgan fingerprint density at radius 3 is 2.33 bits per heavy atom. The quantitative estimate of drug-likeness (QED) is 0.683. The third-order valence-electron chi connectivity index (χ3n) is 3.76. The van der Waals surface area contributed by atoms with E-state index >= 15 is 0 Å². The van der Waals surface area contributed by atoms with Crippen molar-refractivity contribution in [3.05, 3.63) is 77.2 Å². The Morgan fingerprint density at radius 1 is 1.15 bits per heavy atom. The molecule has 3 rings (SSSR count). The van der Waals surface area contributed by atoms with E-state index in [0.29, 0.717) is 22.7 Å². The normalized spacial score (nSPS) is 10.1. The molecule has 0 unspecified atom stereocenters. The van der Waals surface area contributed by atoms with Crippen LogP contribution in [0.1, 0.15) is 21.5 Å². The Morgan fingerprint density at radius 2 is 1.74 bits per heavy atom. The van der Waals surface area contributed by atoms with Crippen molar-refractivity contribution in [1.29, 1.82) is 5.26 Å². The second-order valence-electron chi connectivity index (χ2n) is 5.75. The Bertz CT molecular complexity index is 1030. The molecule has 0 bridgehead atoms. The van der Waals surface area contributed by atoms with Gasteiger partial charge >= 0.3 is 0 Å². The first-order valence-electron chi connectivity index (χ1n) is 7.98. The monoisotopic (exact) mass is 362 g/mol. The molecule has 0 spiro atoms. The summed E-state index contributed by atoms with van der Waals surface area (Å²) in [7, 11) is 0. The number of aromatic nitrogens is 1. The molecule has 0 aliphatic heterocycles. The predicted molar refractivity (Wildman–Crippen MR) is 99.0 cm³/mol. The molecule has 3 aromatic rings. The summed E-state index contributed by atoms with van der Waals surface area (Å²) in [6.07, 6.45) is 0. The molecule has 0 radical (unpaired) electrons. The maximum Gasteiger partial charge on any atom is 0.259 e. The van der Waals surface area contributed by atoms with Gasteiger partial charge in [-0.3, -0.25) is 4.79 Å². The van der Waals surface area contributed by atoms with E-state index in [4.69, 9.17) is 15.7 Å². The molecule has 6 nitrogen and oxygen atoms in total. The van der Waals surface area contributed by atoms with Crippen molar-refractivity contribution < 1.29 is 13.9 Å². The second-order valence-corrected chi connectivity index (χ2v) is 5.75. The molecule has 3 N–H and O–H groups in total. The maximum atomic E-state index is 13.4. The van der Waals surface area contributed by atoms with Crippen molar-refractivity contribution in [2.24, 2.45) is 0 Å². The van der Waals surface area contributed by atoms with E-state index in [1.165, 1.54) is 13.0 Å². The van der Waals surface area contributed by atoms with Gasteiger partial charge in [0.05, 0.1) is 17.2 Å². The number of anilines is 2. The van der Waals surface area contributed by atoms with Gasteiger partial charge in [-0.15, -0.1) is 0 Å². The highest BCUT2D eigenvalue weighted by Gasteiger charge is 2.14. The summed E-state index contributed by atoms with van der Waals surface area (Å²) in [5, 5.41) is 11.5. The molecule has 1 aromatic heterocycles. The minimum Gasteiger partial charge on any atom is -0.457 e. The molecule has 0 aliphatic rings. The zero-order valence-corrected chi connectivity index (χ0v) is 14.4. The number of pyridine rings is 1. The van der Waals surface area contributed by atoms with Crippen LogP contribution in [0.3, 0.4) is 0 Å². The number of hydrogen-bond acceptors (Lipinski definition) is 5. The first-order chi connectivity index (χ1) is 13.0. The van der Waals surface area contributed by atoms with E-state index in [0.717, 1.165) is 0 Å². The van der Waals surface area contributed by atoms with Crippen LogP contribution in [0.2, 0.25) is 0 Å². The van der Waals surface area contributed by atoms with Gasteiger partial charge in [-0.1, -0.05) is 0 Å². The Balaban J connectivity index is 1.69. The summed E-state index contributed by atoms with van der Waals surface area (Å²) < 4.78 is 19.0. The van der Waals surface area contributed by atoms with Gasteiger partial charge in [0, 0.05) is 11.3 Å². The fourth-order valence-corrected chi connectivity index (χ4v) is 2.32. The van der Waals surface area contributed by atoms with E-state index in [-0.39, 0.29) is 16.9 Å². The maximum absolute atomic E-state index is 13.4. The molecular weight excluding hydrogens is 347 g/mol. The molecule has 0 saturated heterocycles. The lowest BCUT2D eigenvalue weighted by molar-refractivity contribution is 0.102. The molecule has 0 saturated carbocycles. The number of ether oxygens (including phenoxy) is 1. The average Bonchev–Trinajstić information content (AvgIpc) is 2.67. The number of benzene rings is 2. The molecule has 27 heavy (non-hydrogen) atoms. The number of halogens is 1. The number of nitriles is 1. The summed E-state index contributed by atoms with van der Waals surface area (Å²) >= 11 is 0. The van der Waals surface area contributed by atoms with Crippen LogP contribution in [0, 0.1) is 24.2 Å². The van der Waals surface area contributed by atoms with Gasteiger partial charge < -0.3 is 15.8 Å². The number of amides is 1. The third kappa shape index (κ3) is 4.19. The average molecular weight is 362 g/mol. The Labute approximate surface area is 155 Å². The lowest BCUT2D eigenvalue weighted by atomic mass is 10.1. The molecule has 2 aromatic carbocycles. The minimum absolute atomic E-state index is 0.104. The third-order valence-corrected chi connectivity index (χ3v) is 3.76. The van der Waals surface area contributed by atoms with Crippen LogP contribution in [-0.2, 0) is 0 Å². The van der Waals surface area contributed by atoms with Gasteiger partial charge in [-0.25, -0.2) is 4.98 Å². The van der Waals surface area contributed by atoms with E-state index in [1.54, 1.807) is 48.5 Å². The van der Waals surface area contributed by atoms with Gasteiger partial charge in [0.1, 0.15) is 17.3 Å². The van der Waals surface area contributed by atoms with Crippen LogP contribution < -0.4 is 15.8 Å². The summed E-state index contributed by atoms with van der Waals surface area (Å²) in [5.74, 6) is -0.198. The number of carbonyl (C=O) groups is 1. The lowest BCUT2D eigenvalue weighted by Gasteiger charge is -2.10. The molecule has 134 valence electrons. The van der Waals surface area contributed by atoms with E-state index in [9.17, 15) is 9.18 Å². The summed E-state index contributed by atoms with van der Waals surface area (Å²) in [6.45, 7) is 1.51. The molecular formula is C20H15FN4O2. The van der Waals surface area contributed by atoms with Crippen molar-refractivity contribution in [3.63, 3.8) is 0 Å². The van der Waals surface area contributed by atoms with Crippen molar-refractivity contribution in [3.8, 4) is 17.6 Å². The van der Waals surface area contributed by atoms with Gasteiger partial charge in [0.15, 0.2) is 0 Å². The van der Waals surface area contributed by atoms with Crippen molar-refractivity contribution >= 4 is 17.4 Å². The van der Waals surface area contributed by atoms with Crippen LogP contribution >= 0.6 is 0 Å². The van der Waals surface area contributed by atoms with E-state index < -0.39 is 11.9 Å². The van der Waals surface area contributed by atoms with Gasteiger partial charge in [0.2, 0.25) is 5.95 Å². The number of nitrogens with zero attached hydrogens (tertiary/aromatic N) is 2. The summed E-state index contributed by atoms with van der Waals surface area (Å²) in [4.78, 5) is 15.8. The number of nitrogens with two attached hydrogens (primary N) is 1. The number of carbonyl (C=O) groups excluding carboxylic acids is 1. The number of nitrogen functional groups attached to an aromatic ring is 1. The molecule has 7 heteroatoms. The fourth-order valence-electron chi connectivity index (χ4n) is 2.32. The number of aryl methyl sites for hydroxylation is 1. The van der Waals surface area contributed by atoms with Crippen molar-refractivity contribution in [2.75, 3.05) is 11.1 Å². The topological polar surface area (TPSA) is 101 Å². The minimum atomic E-state index is -0.701. The molecule has 1 heterocycles. The number of hydrogen-bond donors (Lipinski definition) is 2. The predicted octanol–water partition coefficient (Wildman–Crippen LogP) is 4.03. The molecule has 0 fully saturated rings. The van der Waals surface area contributed by atoms with Crippen molar-refractivity contribution in [2.45, 2.75) is 6.92 Å². The number of rotatable bonds is 4. The smallest absolute Gasteiger partial charge is 0.259 e. The highest BCUT2D eigenvalue weighted by Crippen LogP contribution is 2.24. The highest BCUT2D eigenvalue weighted by molar-refractivity contribution is 6.07. The van der Waals surface area contributed by atoms with Gasteiger partial charge in [-0.2, -0.15) is 9.65 Å². The van der Waals surface area contributed by atoms with Crippen LogP contribution in [0.25, 0.3) is 0 Å². The zero-order chi connectivity index (χ0) is 19.4. The standard InChI is InChI=1S/C20H15FN4O2/c1-12-10-17(19(23)25-18(12)21)20(26)24-14-4-8-16(9-5-14)27-15-6-2-13(11-22)3-7-15/h2-10H,1H3,(H2,23,25)(H,24,26). The van der Waals surface area contributed by atoms with Gasteiger partial charge in [0.25, 0.3) is 5.91 Å². The SMILES string of the molecule is Cc1cc(C(=O)Nc2ccc(Oc3ccc(C#N)cc3)cc2)c(N)nc1F. The molecule has 0 atom stereocenters. The van der Waals surface area contributed by atoms with Gasteiger partial charge in [-0.05, 0) is 61.5 Å². The number of nitrogens with one attached hydrogen (secondary N) is 1. The van der Waals surface area contributed by atoms with Crippen LogP contribution in [-0.4, -0.2) is 10.9 Å². The van der Waals surface area contributed by atoms with Crippen LogP contribution in [0.15, 0.2) is 54.6 Å². The first-order valence-corrected chi connectivity index (χ1v) is 7.98. The largest absolute Gasteiger partial charge is 0.457 e. The van der Waals surface area contributed by atoms with E-state index in [2.05, 4.69) is 10.3 Å². The Kier molecular flexibility index (Phi) is 4.99. The molecule has 1 amide bonds. The lowest BCUT2D eigenvalue weighted by Crippen LogP contribution is -2.16. The van der Waals surface area contributed by atoms with Crippen LogP contribution in [0.5, 0.6) is 11.5 Å².